The lowest BCUT2D eigenvalue weighted by molar-refractivity contribution is 0.0622. The molecule has 0 unspecified atom stereocenters. The van der Waals surface area contributed by atoms with Gasteiger partial charge in [0.1, 0.15) is 15.9 Å². The first-order valence-corrected chi connectivity index (χ1v) is 12.3. The third-order valence-corrected chi connectivity index (χ3v) is 7.06. The van der Waals surface area contributed by atoms with Crippen LogP contribution in [0, 0.1) is 6.92 Å². The second-order valence-electron chi connectivity index (χ2n) is 7.85. The van der Waals surface area contributed by atoms with Crippen molar-refractivity contribution in [3.05, 3.63) is 46.4 Å². The summed E-state index contributed by atoms with van der Waals surface area (Å²) in [5.74, 6) is 1.09. The molecule has 158 valence electrons. The first-order valence-electron chi connectivity index (χ1n) is 10.2. The first kappa shape index (κ1) is 21.2. The summed E-state index contributed by atoms with van der Waals surface area (Å²) in [6.07, 6.45) is 1.97. The third-order valence-electron chi connectivity index (χ3n) is 5.35. The van der Waals surface area contributed by atoms with Crippen molar-refractivity contribution in [2.75, 3.05) is 32.4 Å². The van der Waals surface area contributed by atoms with E-state index in [2.05, 4.69) is 46.9 Å². The summed E-state index contributed by atoms with van der Waals surface area (Å²) in [6, 6.07) is 8.25. The van der Waals surface area contributed by atoms with Crippen LogP contribution in [-0.4, -0.2) is 63.1 Å². The molecule has 3 heterocycles. The maximum Gasteiger partial charge on any atom is 0.258 e. The van der Waals surface area contributed by atoms with E-state index in [0.29, 0.717) is 18.7 Å². The number of rotatable bonds is 5. The largest absolute Gasteiger partial charge is 0.336 e. The molecular formula is C22H27N5OS2. The highest BCUT2D eigenvalue weighted by Gasteiger charge is 2.27. The van der Waals surface area contributed by atoms with Crippen LogP contribution >= 0.6 is 23.1 Å². The van der Waals surface area contributed by atoms with Gasteiger partial charge in [0.25, 0.3) is 5.91 Å². The number of amides is 1. The molecule has 0 saturated carbocycles. The molecule has 0 aliphatic carbocycles. The summed E-state index contributed by atoms with van der Waals surface area (Å²) in [7, 11) is 0. The number of piperazine rings is 1. The van der Waals surface area contributed by atoms with Crippen LogP contribution < -0.4 is 0 Å². The van der Waals surface area contributed by atoms with Crippen molar-refractivity contribution in [2.45, 2.75) is 38.3 Å². The average molecular weight is 442 g/mol. The Labute approximate surface area is 185 Å². The zero-order valence-corrected chi connectivity index (χ0v) is 19.5. The van der Waals surface area contributed by atoms with Crippen LogP contribution in [0.4, 0.5) is 0 Å². The number of nitrogens with zero attached hydrogens (tertiary/aromatic N) is 5. The normalized spacial score (nSPS) is 15.3. The van der Waals surface area contributed by atoms with Gasteiger partial charge in [-0.1, -0.05) is 26.0 Å². The minimum atomic E-state index is 0.0480. The molecule has 0 radical (unpaired) electrons. The molecule has 1 aliphatic rings. The fourth-order valence-electron chi connectivity index (χ4n) is 3.67. The van der Waals surface area contributed by atoms with Gasteiger partial charge < -0.3 is 4.90 Å². The van der Waals surface area contributed by atoms with Crippen LogP contribution in [0.1, 0.15) is 46.6 Å². The molecule has 1 amide bonds. The second kappa shape index (κ2) is 8.99. The molecule has 1 saturated heterocycles. The Balaban J connectivity index is 1.43. The third kappa shape index (κ3) is 4.36. The standard InChI is InChI=1S/C22H27N5OS2/c1-14(2)20-23-15(3)19(21(25-20)29-4)22(28)27-11-9-26(10-12-27)13-18-24-16-7-5-6-8-17(16)30-18/h5-8,14H,9-13H2,1-4H3. The summed E-state index contributed by atoms with van der Waals surface area (Å²) in [4.78, 5) is 31.6. The van der Waals surface area contributed by atoms with Crippen molar-refractivity contribution >= 4 is 39.2 Å². The Morgan fingerprint density at radius 1 is 1.13 bits per heavy atom. The van der Waals surface area contributed by atoms with Crippen LogP contribution in [-0.2, 0) is 6.54 Å². The fraction of sp³-hybridized carbons (Fsp3) is 0.455. The number of thioether (sulfide) groups is 1. The molecule has 1 aliphatic heterocycles. The summed E-state index contributed by atoms with van der Waals surface area (Å²) < 4.78 is 1.23. The number of hydrogen-bond acceptors (Lipinski definition) is 7. The van der Waals surface area contributed by atoms with E-state index in [-0.39, 0.29) is 11.8 Å². The van der Waals surface area contributed by atoms with Crippen molar-refractivity contribution in [3.8, 4) is 0 Å². The van der Waals surface area contributed by atoms with Crippen LogP contribution in [0.5, 0.6) is 0 Å². The average Bonchev–Trinajstić information content (AvgIpc) is 3.15. The Morgan fingerprint density at radius 3 is 2.53 bits per heavy atom. The summed E-state index contributed by atoms with van der Waals surface area (Å²) in [6.45, 7) is 10.0. The molecule has 6 nitrogen and oxygen atoms in total. The quantitative estimate of drug-likeness (QED) is 0.437. The van der Waals surface area contributed by atoms with Crippen molar-refractivity contribution in [3.63, 3.8) is 0 Å². The summed E-state index contributed by atoms with van der Waals surface area (Å²) in [5.41, 5.74) is 2.50. The van der Waals surface area contributed by atoms with E-state index in [0.717, 1.165) is 46.7 Å². The van der Waals surface area contributed by atoms with Gasteiger partial charge in [0.15, 0.2) is 0 Å². The molecule has 30 heavy (non-hydrogen) atoms. The summed E-state index contributed by atoms with van der Waals surface area (Å²) in [5, 5.41) is 1.92. The minimum absolute atomic E-state index is 0.0480. The summed E-state index contributed by atoms with van der Waals surface area (Å²) >= 11 is 3.27. The van der Waals surface area contributed by atoms with Crippen molar-refractivity contribution < 1.29 is 4.79 Å². The number of benzene rings is 1. The van der Waals surface area contributed by atoms with Crippen molar-refractivity contribution in [1.29, 1.82) is 0 Å². The highest BCUT2D eigenvalue weighted by Crippen LogP contribution is 2.26. The van der Waals surface area contributed by atoms with E-state index in [1.807, 2.05) is 24.1 Å². The molecule has 0 spiro atoms. The Kier molecular flexibility index (Phi) is 6.36. The highest BCUT2D eigenvalue weighted by atomic mass is 32.2. The van der Waals surface area contributed by atoms with Crippen molar-refractivity contribution in [1.82, 2.24) is 24.8 Å². The van der Waals surface area contributed by atoms with Gasteiger partial charge in [-0.2, -0.15) is 0 Å². The number of hydrogen-bond donors (Lipinski definition) is 0. The van der Waals surface area contributed by atoms with Crippen molar-refractivity contribution in [2.24, 2.45) is 0 Å². The van der Waals surface area contributed by atoms with E-state index in [4.69, 9.17) is 4.98 Å². The number of fused-ring (bicyclic) bond motifs is 1. The molecule has 3 aromatic rings. The molecule has 2 aromatic heterocycles. The molecule has 4 rings (SSSR count). The Hall–Kier alpha value is -2.03. The number of aryl methyl sites for hydroxylation is 1. The van der Waals surface area contributed by atoms with Gasteiger partial charge in [0, 0.05) is 32.1 Å². The first-order chi connectivity index (χ1) is 14.5. The van der Waals surface area contributed by atoms with Crippen LogP contribution in [0.15, 0.2) is 29.3 Å². The lowest BCUT2D eigenvalue weighted by Gasteiger charge is -2.34. The van der Waals surface area contributed by atoms with Crippen LogP contribution in [0.2, 0.25) is 0 Å². The molecule has 8 heteroatoms. The van der Waals surface area contributed by atoms with E-state index >= 15 is 0 Å². The van der Waals surface area contributed by atoms with Gasteiger partial charge in [-0.05, 0) is 25.3 Å². The SMILES string of the molecule is CSc1nc(C(C)C)nc(C)c1C(=O)N1CCN(Cc2nc3ccccc3s2)CC1. The van der Waals surface area contributed by atoms with Crippen LogP contribution in [0.25, 0.3) is 10.2 Å². The molecule has 1 fully saturated rings. The number of aromatic nitrogens is 3. The zero-order chi connectivity index (χ0) is 21.3. The van der Waals surface area contributed by atoms with Gasteiger partial charge in [-0.15, -0.1) is 23.1 Å². The number of carbonyl (C=O) groups is 1. The number of carbonyl (C=O) groups excluding carboxylic acids is 1. The molecule has 0 atom stereocenters. The molecular weight excluding hydrogens is 414 g/mol. The zero-order valence-electron chi connectivity index (χ0n) is 17.9. The molecule has 1 aromatic carbocycles. The van der Waals surface area contributed by atoms with Gasteiger partial charge in [0.05, 0.1) is 28.0 Å². The smallest absolute Gasteiger partial charge is 0.258 e. The highest BCUT2D eigenvalue weighted by molar-refractivity contribution is 7.98. The van der Waals surface area contributed by atoms with E-state index in [9.17, 15) is 4.79 Å². The minimum Gasteiger partial charge on any atom is -0.336 e. The number of thiazole rings is 1. The predicted octanol–water partition coefficient (Wildman–Crippen LogP) is 4.20. The molecule has 0 bridgehead atoms. The maximum absolute atomic E-state index is 13.3. The second-order valence-corrected chi connectivity index (χ2v) is 9.76. The van der Waals surface area contributed by atoms with E-state index in [1.54, 1.807) is 11.3 Å². The van der Waals surface area contributed by atoms with Crippen LogP contribution in [0.3, 0.4) is 0 Å². The van der Waals surface area contributed by atoms with Gasteiger partial charge in [-0.3, -0.25) is 9.69 Å². The van der Waals surface area contributed by atoms with E-state index in [1.165, 1.54) is 16.5 Å². The fourth-order valence-corrected chi connectivity index (χ4v) is 5.30. The predicted molar refractivity (Wildman–Crippen MR) is 123 cm³/mol. The monoisotopic (exact) mass is 441 g/mol. The maximum atomic E-state index is 13.3. The van der Waals surface area contributed by atoms with Gasteiger partial charge >= 0.3 is 0 Å². The number of para-hydroxylation sites is 1. The Morgan fingerprint density at radius 2 is 1.87 bits per heavy atom. The van der Waals surface area contributed by atoms with Gasteiger partial charge in [0.2, 0.25) is 0 Å². The molecule has 0 N–H and O–H groups in total. The van der Waals surface area contributed by atoms with E-state index < -0.39 is 0 Å². The van der Waals surface area contributed by atoms with Gasteiger partial charge in [-0.25, -0.2) is 15.0 Å². The lowest BCUT2D eigenvalue weighted by atomic mass is 10.1. The topological polar surface area (TPSA) is 62.2 Å². The lowest BCUT2D eigenvalue weighted by Crippen LogP contribution is -2.48. The Bertz CT molecular complexity index is 1020.